The summed E-state index contributed by atoms with van der Waals surface area (Å²) in [4.78, 5) is 21.3. The number of nitrogens with zero attached hydrogens (tertiary/aromatic N) is 2. The van der Waals surface area contributed by atoms with Gasteiger partial charge >= 0.3 is 0 Å². The predicted molar refractivity (Wildman–Crippen MR) is 79.3 cm³/mol. The van der Waals surface area contributed by atoms with Crippen molar-refractivity contribution in [2.75, 3.05) is 0 Å². The summed E-state index contributed by atoms with van der Waals surface area (Å²) in [5.74, 6) is 0. The second-order valence-electron chi connectivity index (χ2n) is 4.86. The van der Waals surface area contributed by atoms with Gasteiger partial charge in [-0.25, -0.2) is 4.98 Å². The van der Waals surface area contributed by atoms with Gasteiger partial charge in [0.1, 0.15) is 4.83 Å². The van der Waals surface area contributed by atoms with Gasteiger partial charge in [-0.05, 0) is 31.2 Å². The Morgan fingerprint density at radius 3 is 3.00 bits per heavy atom. The van der Waals surface area contributed by atoms with Crippen molar-refractivity contribution in [2.45, 2.75) is 32.2 Å². The van der Waals surface area contributed by atoms with Crippen LogP contribution in [0.5, 0.6) is 0 Å². The summed E-state index contributed by atoms with van der Waals surface area (Å²) in [6, 6.07) is 0. The summed E-state index contributed by atoms with van der Waals surface area (Å²) >= 11 is 3.20. The van der Waals surface area contributed by atoms with Crippen LogP contribution in [0, 0.1) is 0 Å². The molecule has 0 unspecified atom stereocenters. The third-order valence-corrected chi connectivity index (χ3v) is 5.88. The van der Waals surface area contributed by atoms with Crippen LogP contribution < -0.4 is 11.3 Å². The summed E-state index contributed by atoms with van der Waals surface area (Å²) in [5, 5.41) is 0.846. The van der Waals surface area contributed by atoms with E-state index < -0.39 is 0 Å². The van der Waals surface area contributed by atoms with Crippen LogP contribution in [-0.4, -0.2) is 9.38 Å². The maximum Gasteiger partial charge on any atom is 0.267 e. The highest BCUT2D eigenvalue weighted by Gasteiger charge is 2.20. The first-order valence-corrected chi connectivity index (χ1v) is 8.06. The zero-order valence-corrected chi connectivity index (χ0v) is 11.9. The molecule has 0 saturated carbocycles. The van der Waals surface area contributed by atoms with Crippen molar-refractivity contribution in [1.29, 1.82) is 0 Å². The molecule has 6 heteroatoms. The monoisotopic (exact) mass is 291 g/mol. The molecule has 0 aromatic carbocycles. The minimum absolute atomic E-state index is 0.0790. The molecule has 2 N–H and O–H groups in total. The molecule has 3 heterocycles. The number of rotatable bonds is 1. The minimum Gasteiger partial charge on any atom is -0.326 e. The van der Waals surface area contributed by atoms with E-state index in [-0.39, 0.29) is 5.56 Å². The molecule has 0 spiro atoms. The summed E-state index contributed by atoms with van der Waals surface area (Å²) < 4.78 is 1.66. The van der Waals surface area contributed by atoms with Crippen LogP contribution in [0.15, 0.2) is 11.0 Å². The van der Waals surface area contributed by atoms with Gasteiger partial charge in [-0.1, -0.05) is 11.3 Å². The fourth-order valence-corrected chi connectivity index (χ4v) is 4.92. The highest BCUT2D eigenvalue weighted by molar-refractivity contribution is 7.19. The summed E-state index contributed by atoms with van der Waals surface area (Å²) in [6.07, 6.45) is 6.36. The van der Waals surface area contributed by atoms with Crippen molar-refractivity contribution in [3.63, 3.8) is 0 Å². The van der Waals surface area contributed by atoms with E-state index in [9.17, 15) is 4.79 Å². The quantitative estimate of drug-likeness (QED) is 0.748. The summed E-state index contributed by atoms with van der Waals surface area (Å²) in [5.41, 5.74) is 6.97. The first kappa shape index (κ1) is 11.6. The fourth-order valence-electron chi connectivity index (χ4n) is 2.77. The molecular weight excluding hydrogens is 278 g/mol. The molecular formula is C13H13N3OS2. The summed E-state index contributed by atoms with van der Waals surface area (Å²) in [7, 11) is 0. The van der Waals surface area contributed by atoms with Crippen molar-refractivity contribution in [1.82, 2.24) is 9.38 Å². The highest BCUT2D eigenvalue weighted by atomic mass is 32.1. The Morgan fingerprint density at radius 2 is 2.16 bits per heavy atom. The molecule has 4 nitrogen and oxygen atoms in total. The smallest absolute Gasteiger partial charge is 0.267 e. The molecule has 3 aromatic heterocycles. The molecule has 0 fully saturated rings. The van der Waals surface area contributed by atoms with Gasteiger partial charge in [0, 0.05) is 22.5 Å². The van der Waals surface area contributed by atoms with Crippen molar-refractivity contribution in [3.05, 3.63) is 31.9 Å². The van der Waals surface area contributed by atoms with Gasteiger partial charge in [-0.2, -0.15) is 0 Å². The van der Waals surface area contributed by atoms with Crippen LogP contribution >= 0.6 is 22.7 Å². The maximum absolute atomic E-state index is 12.6. The lowest BCUT2D eigenvalue weighted by atomic mass is 9.97. The van der Waals surface area contributed by atoms with Gasteiger partial charge in [-0.3, -0.25) is 9.20 Å². The predicted octanol–water partition coefficient (Wildman–Crippen LogP) is 2.31. The molecule has 4 rings (SSSR count). The number of hydrogen-bond acceptors (Lipinski definition) is 5. The van der Waals surface area contributed by atoms with Crippen LogP contribution in [-0.2, 0) is 19.4 Å². The standard InChI is InChI=1S/C13H13N3OS2/c14-5-7-6-16-12(17)10-8-3-1-2-4-9(8)19-11(10)15-13(16)18-7/h6H,1-5,14H2. The average Bonchev–Trinajstić information content (AvgIpc) is 2.99. The number of fused-ring (bicyclic) bond motifs is 4. The number of thiazole rings is 1. The van der Waals surface area contributed by atoms with E-state index in [4.69, 9.17) is 5.73 Å². The molecule has 0 atom stereocenters. The summed E-state index contributed by atoms with van der Waals surface area (Å²) in [6.45, 7) is 0.458. The number of thiophene rings is 1. The van der Waals surface area contributed by atoms with Gasteiger partial charge < -0.3 is 5.73 Å². The normalized spacial score (nSPS) is 15.2. The molecule has 19 heavy (non-hydrogen) atoms. The molecule has 1 aliphatic rings. The van der Waals surface area contributed by atoms with E-state index in [1.165, 1.54) is 34.6 Å². The molecule has 0 aliphatic heterocycles. The van der Waals surface area contributed by atoms with Crippen LogP contribution in [0.4, 0.5) is 0 Å². The SMILES string of the molecule is NCc1cn2c(=O)c3c4c(sc3nc2s1)CCCC4. The molecule has 0 radical (unpaired) electrons. The molecule has 0 saturated heterocycles. The third kappa shape index (κ3) is 1.60. The van der Waals surface area contributed by atoms with E-state index >= 15 is 0 Å². The molecule has 3 aromatic rings. The van der Waals surface area contributed by atoms with Crippen LogP contribution in [0.2, 0.25) is 0 Å². The van der Waals surface area contributed by atoms with E-state index in [2.05, 4.69) is 4.98 Å². The molecule has 1 aliphatic carbocycles. The van der Waals surface area contributed by atoms with Gasteiger partial charge in [0.25, 0.3) is 5.56 Å². The zero-order valence-electron chi connectivity index (χ0n) is 10.3. The fraction of sp³-hybridized carbons (Fsp3) is 0.385. The molecule has 0 bridgehead atoms. The lowest BCUT2D eigenvalue weighted by molar-refractivity contribution is 0.700. The number of aryl methyl sites for hydroxylation is 2. The van der Waals surface area contributed by atoms with Crippen LogP contribution in [0.3, 0.4) is 0 Å². The number of nitrogens with two attached hydrogens (primary N) is 1. The second kappa shape index (κ2) is 4.13. The molecule has 0 amide bonds. The van der Waals surface area contributed by atoms with Crippen molar-refractivity contribution in [3.8, 4) is 0 Å². The minimum atomic E-state index is 0.0790. The first-order valence-electron chi connectivity index (χ1n) is 6.43. The van der Waals surface area contributed by atoms with Gasteiger partial charge in [-0.15, -0.1) is 11.3 Å². The number of aromatic nitrogens is 2. The van der Waals surface area contributed by atoms with Gasteiger partial charge in [0.2, 0.25) is 0 Å². The molecule has 98 valence electrons. The van der Waals surface area contributed by atoms with E-state index in [0.29, 0.717) is 6.54 Å². The Kier molecular flexibility index (Phi) is 2.51. The lowest BCUT2D eigenvalue weighted by Gasteiger charge is -2.09. The first-order chi connectivity index (χ1) is 9.28. The van der Waals surface area contributed by atoms with E-state index in [0.717, 1.165) is 32.9 Å². The van der Waals surface area contributed by atoms with E-state index in [1.54, 1.807) is 15.7 Å². The lowest BCUT2D eigenvalue weighted by Crippen LogP contribution is -2.14. The Labute approximate surface area is 117 Å². The second-order valence-corrected chi connectivity index (χ2v) is 7.04. The van der Waals surface area contributed by atoms with E-state index in [1.807, 2.05) is 6.20 Å². The van der Waals surface area contributed by atoms with Crippen molar-refractivity contribution in [2.24, 2.45) is 5.73 Å². The van der Waals surface area contributed by atoms with Gasteiger partial charge in [0.15, 0.2) is 4.96 Å². The third-order valence-electron chi connectivity index (χ3n) is 3.69. The Morgan fingerprint density at radius 1 is 1.32 bits per heavy atom. The average molecular weight is 291 g/mol. The zero-order chi connectivity index (χ0) is 13.0. The van der Waals surface area contributed by atoms with Crippen LogP contribution in [0.25, 0.3) is 15.2 Å². The Balaban J connectivity index is 2.13. The van der Waals surface area contributed by atoms with Gasteiger partial charge in [0.05, 0.1) is 5.39 Å². The largest absolute Gasteiger partial charge is 0.326 e. The van der Waals surface area contributed by atoms with Crippen molar-refractivity contribution >= 4 is 37.9 Å². The van der Waals surface area contributed by atoms with Crippen molar-refractivity contribution < 1.29 is 0 Å². The Hall–Kier alpha value is -1.24. The number of hydrogen-bond donors (Lipinski definition) is 1. The Bertz CT molecular complexity index is 843. The maximum atomic E-state index is 12.6. The topological polar surface area (TPSA) is 60.4 Å². The highest BCUT2D eigenvalue weighted by Crippen LogP contribution is 2.34. The van der Waals surface area contributed by atoms with Crippen LogP contribution in [0.1, 0.15) is 28.2 Å².